The van der Waals surface area contributed by atoms with Gasteiger partial charge in [0.25, 0.3) is 10.0 Å². The number of aromatic nitrogens is 3. The maximum Gasteiger partial charge on any atom is 0.282 e. The predicted octanol–water partition coefficient (Wildman–Crippen LogP) is 2.17. The van der Waals surface area contributed by atoms with Crippen molar-refractivity contribution in [2.75, 3.05) is 4.72 Å². The Hall–Kier alpha value is -1.61. The summed E-state index contributed by atoms with van der Waals surface area (Å²) in [4.78, 5) is 0. The highest BCUT2D eigenvalue weighted by molar-refractivity contribution is 9.10. The molecule has 0 unspecified atom stereocenters. The number of para-hydroxylation sites is 2. The molecule has 9 heteroatoms. The van der Waals surface area contributed by atoms with Crippen LogP contribution < -0.4 is 9.46 Å². The van der Waals surface area contributed by atoms with Crippen LogP contribution in [0, 0.1) is 0 Å². The quantitative estimate of drug-likeness (QED) is 0.866. The molecule has 0 fully saturated rings. The summed E-state index contributed by atoms with van der Waals surface area (Å²) in [6.07, 6.45) is -0.0687. The lowest BCUT2D eigenvalue weighted by Crippen LogP contribution is -2.18. The molecule has 0 spiro atoms. The van der Waals surface area contributed by atoms with Gasteiger partial charge in [0.05, 0.1) is 11.8 Å². The number of hydrogen-bond donors (Lipinski definition) is 1. The molecule has 1 aromatic heterocycles. The molecule has 1 aromatic carbocycles. The molecule has 0 saturated heterocycles. The number of sulfonamides is 1. The summed E-state index contributed by atoms with van der Waals surface area (Å²) in [5.74, 6) is 0.460. The highest BCUT2D eigenvalue weighted by atomic mass is 79.9. The average Bonchev–Trinajstić information content (AvgIpc) is 2.71. The van der Waals surface area contributed by atoms with E-state index in [1.807, 2.05) is 13.8 Å². The van der Waals surface area contributed by atoms with E-state index in [1.54, 1.807) is 24.3 Å². The second-order valence-electron chi connectivity index (χ2n) is 4.58. The highest BCUT2D eigenvalue weighted by Gasteiger charge is 2.25. The summed E-state index contributed by atoms with van der Waals surface area (Å²) in [6, 6.07) is 6.83. The van der Waals surface area contributed by atoms with E-state index in [0.717, 1.165) is 0 Å². The molecule has 21 heavy (non-hydrogen) atoms. The highest BCUT2D eigenvalue weighted by Crippen LogP contribution is 2.28. The van der Waals surface area contributed by atoms with Crippen LogP contribution in [0.4, 0.5) is 5.69 Å². The van der Waals surface area contributed by atoms with Crippen molar-refractivity contribution < 1.29 is 13.2 Å². The molecule has 0 amide bonds. The molecule has 0 bridgehead atoms. The van der Waals surface area contributed by atoms with Gasteiger partial charge in [-0.05, 0) is 41.9 Å². The van der Waals surface area contributed by atoms with Crippen LogP contribution in [0.15, 0.2) is 33.9 Å². The van der Waals surface area contributed by atoms with Crippen molar-refractivity contribution in [3.63, 3.8) is 0 Å². The maximum atomic E-state index is 12.4. The number of rotatable bonds is 5. The van der Waals surface area contributed by atoms with E-state index in [0.29, 0.717) is 11.4 Å². The number of benzene rings is 1. The third-order valence-corrected chi connectivity index (χ3v) is 4.74. The minimum Gasteiger partial charge on any atom is -0.489 e. The molecule has 114 valence electrons. The van der Waals surface area contributed by atoms with Gasteiger partial charge in [0.1, 0.15) is 5.75 Å². The maximum absolute atomic E-state index is 12.4. The van der Waals surface area contributed by atoms with Crippen LogP contribution in [0.3, 0.4) is 0 Å². The summed E-state index contributed by atoms with van der Waals surface area (Å²) in [5, 5.41) is 7.28. The van der Waals surface area contributed by atoms with Crippen LogP contribution in [0.1, 0.15) is 13.8 Å². The molecule has 2 aromatic rings. The van der Waals surface area contributed by atoms with E-state index in [1.165, 1.54) is 11.7 Å². The van der Waals surface area contributed by atoms with Gasteiger partial charge in [0, 0.05) is 7.05 Å². The van der Waals surface area contributed by atoms with Gasteiger partial charge < -0.3 is 4.74 Å². The van der Waals surface area contributed by atoms with Gasteiger partial charge in [-0.1, -0.05) is 17.3 Å². The standard InChI is InChI=1S/C12H15BrN4O3S/c1-8(2)20-10-7-5-4-6-9(10)15-21(18,19)12-11(13)14-16-17(12)3/h4-8,15H,1-3H3. The number of halogens is 1. The van der Waals surface area contributed by atoms with Gasteiger partial charge in [0.2, 0.25) is 5.03 Å². The molecule has 0 radical (unpaired) electrons. The van der Waals surface area contributed by atoms with E-state index in [2.05, 4.69) is 31.0 Å². The molecule has 1 N–H and O–H groups in total. The fourth-order valence-corrected chi connectivity index (χ4v) is 3.88. The van der Waals surface area contributed by atoms with Gasteiger partial charge in [-0.2, -0.15) is 8.42 Å². The van der Waals surface area contributed by atoms with Crippen LogP contribution in [-0.4, -0.2) is 29.5 Å². The van der Waals surface area contributed by atoms with E-state index in [9.17, 15) is 8.42 Å². The van der Waals surface area contributed by atoms with Crippen LogP contribution in [-0.2, 0) is 17.1 Å². The fourth-order valence-electron chi connectivity index (χ4n) is 1.71. The second kappa shape index (κ2) is 6.02. The van der Waals surface area contributed by atoms with Crippen LogP contribution >= 0.6 is 15.9 Å². The first-order chi connectivity index (χ1) is 9.81. The van der Waals surface area contributed by atoms with E-state index in [4.69, 9.17) is 4.74 Å². The Bertz CT molecular complexity index is 723. The summed E-state index contributed by atoms with van der Waals surface area (Å²) in [5.41, 5.74) is 0.360. The summed E-state index contributed by atoms with van der Waals surface area (Å²) < 4.78 is 34.3. The van der Waals surface area contributed by atoms with Crippen molar-refractivity contribution in [1.29, 1.82) is 0 Å². The Morgan fingerprint density at radius 1 is 1.33 bits per heavy atom. The molecule has 1 heterocycles. The fraction of sp³-hybridized carbons (Fsp3) is 0.333. The lowest BCUT2D eigenvalue weighted by atomic mass is 10.3. The molecular weight excluding hydrogens is 360 g/mol. The van der Waals surface area contributed by atoms with E-state index >= 15 is 0 Å². The molecule has 0 aliphatic rings. The molecule has 0 atom stereocenters. The molecule has 0 saturated carbocycles. The number of nitrogens with zero attached hydrogens (tertiary/aromatic N) is 3. The largest absolute Gasteiger partial charge is 0.489 e. The van der Waals surface area contributed by atoms with Crippen LogP contribution in [0.25, 0.3) is 0 Å². The second-order valence-corrected chi connectivity index (χ2v) is 6.93. The monoisotopic (exact) mass is 374 g/mol. The zero-order valence-electron chi connectivity index (χ0n) is 11.7. The Labute approximate surface area is 131 Å². The Morgan fingerprint density at radius 3 is 2.57 bits per heavy atom. The predicted molar refractivity (Wildman–Crippen MR) is 81.7 cm³/mol. The zero-order chi connectivity index (χ0) is 15.6. The van der Waals surface area contributed by atoms with Crippen LogP contribution in [0.2, 0.25) is 0 Å². The molecule has 0 aliphatic heterocycles. The van der Waals surface area contributed by atoms with Crippen molar-refractivity contribution in [3.05, 3.63) is 28.9 Å². The topological polar surface area (TPSA) is 86.1 Å². The van der Waals surface area contributed by atoms with Crippen molar-refractivity contribution in [2.45, 2.75) is 25.0 Å². The van der Waals surface area contributed by atoms with Gasteiger partial charge in [-0.15, -0.1) is 5.10 Å². The minimum atomic E-state index is -3.83. The lowest BCUT2D eigenvalue weighted by Gasteiger charge is -2.15. The van der Waals surface area contributed by atoms with Crippen molar-refractivity contribution in [3.8, 4) is 5.75 Å². The number of hydrogen-bond acceptors (Lipinski definition) is 5. The van der Waals surface area contributed by atoms with Gasteiger partial charge >= 0.3 is 0 Å². The molecule has 7 nitrogen and oxygen atoms in total. The van der Waals surface area contributed by atoms with E-state index in [-0.39, 0.29) is 15.7 Å². The Morgan fingerprint density at radius 2 is 2.00 bits per heavy atom. The van der Waals surface area contributed by atoms with Crippen molar-refractivity contribution >= 4 is 31.6 Å². The van der Waals surface area contributed by atoms with Crippen molar-refractivity contribution in [1.82, 2.24) is 15.0 Å². The molecule has 2 rings (SSSR count). The zero-order valence-corrected chi connectivity index (χ0v) is 14.1. The first-order valence-electron chi connectivity index (χ1n) is 6.15. The van der Waals surface area contributed by atoms with Crippen LogP contribution in [0.5, 0.6) is 5.75 Å². The number of anilines is 1. The normalized spacial score (nSPS) is 11.7. The summed E-state index contributed by atoms with van der Waals surface area (Å²) >= 11 is 3.08. The molecule has 0 aliphatic carbocycles. The van der Waals surface area contributed by atoms with Gasteiger partial charge in [-0.3, -0.25) is 4.72 Å². The number of aryl methyl sites for hydroxylation is 1. The first kappa shape index (κ1) is 15.8. The Kier molecular flexibility index (Phi) is 4.52. The summed E-state index contributed by atoms with van der Waals surface area (Å²) in [6.45, 7) is 3.74. The SMILES string of the molecule is CC(C)Oc1ccccc1NS(=O)(=O)c1c(Br)nnn1C. The van der Waals surface area contributed by atoms with Gasteiger partial charge in [-0.25, -0.2) is 4.68 Å². The minimum absolute atomic E-state index is 0.0538. The number of nitrogens with one attached hydrogen (secondary N) is 1. The Balaban J connectivity index is 2.38. The van der Waals surface area contributed by atoms with E-state index < -0.39 is 10.0 Å². The lowest BCUT2D eigenvalue weighted by molar-refractivity contribution is 0.244. The van der Waals surface area contributed by atoms with Gasteiger partial charge in [0.15, 0.2) is 4.60 Å². The third-order valence-electron chi connectivity index (χ3n) is 2.49. The number of ether oxygens (including phenoxy) is 1. The smallest absolute Gasteiger partial charge is 0.282 e. The molecular formula is C12H15BrN4O3S. The van der Waals surface area contributed by atoms with Crippen molar-refractivity contribution in [2.24, 2.45) is 7.05 Å². The summed E-state index contributed by atoms with van der Waals surface area (Å²) in [7, 11) is -2.33. The third kappa shape index (κ3) is 3.53. The average molecular weight is 375 g/mol. The first-order valence-corrected chi connectivity index (χ1v) is 8.42.